The van der Waals surface area contributed by atoms with Crippen molar-refractivity contribution in [3.63, 3.8) is 0 Å². The molecule has 0 saturated carbocycles. The smallest absolute Gasteiger partial charge is 0.288 e. The average molecular weight is 367 g/mol. The summed E-state index contributed by atoms with van der Waals surface area (Å²) >= 11 is 0. The van der Waals surface area contributed by atoms with Crippen LogP contribution in [0.25, 0.3) is 10.8 Å². The predicted octanol–water partition coefficient (Wildman–Crippen LogP) is 2.60. The summed E-state index contributed by atoms with van der Waals surface area (Å²) in [5, 5.41) is 2.15. The maximum absolute atomic E-state index is 12.7. The molecule has 0 bridgehead atoms. The van der Waals surface area contributed by atoms with Gasteiger partial charge in [0.2, 0.25) is 0 Å². The molecule has 2 aromatic rings. The lowest BCUT2D eigenvalue weighted by atomic mass is 10.0. The molecule has 1 amide bonds. The number of ether oxygens (including phenoxy) is 2. The van der Waals surface area contributed by atoms with E-state index in [0.717, 1.165) is 5.39 Å². The number of methoxy groups -OCH3 is 2. The molecular weight excluding hydrogens is 346 g/mol. The third-order valence-corrected chi connectivity index (χ3v) is 4.94. The van der Waals surface area contributed by atoms with E-state index in [2.05, 4.69) is 0 Å². The number of carbonyl (C=O) groups is 1. The van der Waals surface area contributed by atoms with Gasteiger partial charge in [-0.2, -0.15) is 8.42 Å². The quantitative estimate of drug-likeness (QED) is 0.700. The van der Waals surface area contributed by atoms with Crippen LogP contribution in [0.15, 0.2) is 30.3 Å². The molecule has 0 unspecified atom stereocenters. The first-order valence-corrected chi connectivity index (χ1v) is 9.26. The second-order valence-electron chi connectivity index (χ2n) is 5.34. The Balaban J connectivity index is 2.50. The first-order chi connectivity index (χ1) is 11.8. The molecule has 0 N–H and O–H groups in total. The van der Waals surface area contributed by atoms with Crippen molar-refractivity contribution in [1.82, 2.24) is 5.06 Å². The lowest BCUT2D eigenvalue weighted by molar-refractivity contribution is -0.00898. The number of nitrogens with zero attached hydrogens (tertiary/aromatic N) is 1. The van der Waals surface area contributed by atoms with Crippen LogP contribution < -0.4 is 9.47 Å². The minimum atomic E-state index is -3.83. The Bertz CT molecular complexity index is 878. The van der Waals surface area contributed by atoms with Crippen LogP contribution in [0.4, 0.5) is 0 Å². The SMILES string of the molecule is CCCS(=O)(=O)ON(C)C(=O)c1cc(OC)c2ccccc2c1OC. The zero-order valence-electron chi connectivity index (χ0n) is 14.6. The third-order valence-electron chi connectivity index (χ3n) is 3.58. The number of hydrogen-bond acceptors (Lipinski definition) is 6. The fourth-order valence-corrected chi connectivity index (χ4v) is 3.51. The van der Waals surface area contributed by atoms with Gasteiger partial charge < -0.3 is 9.47 Å². The second-order valence-corrected chi connectivity index (χ2v) is 7.02. The lowest BCUT2D eigenvalue weighted by Crippen LogP contribution is -2.31. The monoisotopic (exact) mass is 367 g/mol. The van der Waals surface area contributed by atoms with Gasteiger partial charge in [-0.15, -0.1) is 4.28 Å². The standard InChI is InChI=1S/C17H21NO6S/c1-5-10-25(20,21)24-18(2)17(19)14-11-15(22-3)12-8-6-7-9-13(12)16(14)23-4/h6-9,11H,5,10H2,1-4H3. The number of fused-ring (bicyclic) bond motifs is 1. The lowest BCUT2D eigenvalue weighted by Gasteiger charge is -2.19. The van der Waals surface area contributed by atoms with Crippen LogP contribution in [0.3, 0.4) is 0 Å². The van der Waals surface area contributed by atoms with Crippen LogP contribution in [0, 0.1) is 0 Å². The van der Waals surface area contributed by atoms with Gasteiger partial charge in [-0.3, -0.25) is 4.79 Å². The molecule has 0 aliphatic heterocycles. The Morgan fingerprint density at radius 3 is 2.32 bits per heavy atom. The Morgan fingerprint density at radius 1 is 1.12 bits per heavy atom. The topological polar surface area (TPSA) is 82.1 Å². The Hall–Kier alpha value is -2.32. The summed E-state index contributed by atoms with van der Waals surface area (Å²) in [7, 11) is 0.357. The number of hydroxylamine groups is 2. The third kappa shape index (κ3) is 4.02. The number of benzene rings is 2. The number of hydrogen-bond donors (Lipinski definition) is 0. The van der Waals surface area contributed by atoms with E-state index in [4.69, 9.17) is 13.8 Å². The molecule has 0 radical (unpaired) electrons. The zero-order chi connectivity index (χ0) is 18.6. The van der Waals surface area contributed by atoms with Gasteiger partial charge in [0.25, 0.3) is 16.0 Å². The number of amides is 1. The highest BCUT2D eigenvalue weighted by Gasteiger charge is 2.25. The molecule has 0 aliphatic carbocycles. The van der Waals surface area contributed by atoms with Crippen molar-refractivity contribution in [1.29, 1.82) is 0 Å². The maximum Gasteiger partial charge on any atom is 0.288 e. The van der Waals surface area contributed by atoms with E-state index in [9.17, 15) is 13.2 Å². The Kier molecular flexibility index (Phi) is 5.86. The molecule has 8 heteroatoms. The van der Waals surface area contributed by atoms with Crippen LogP contribution in [0.1, 0.15) is 23.7 Å². The second kappa shape index (κ2) is 7.71. The van der Waals surface area contributed by atoms with Crippen molar-refractivity contribution in [3.8, 4) is 11.5 Å². The average Bonchev–Trinajstić information content (AvgIpc) is 2.58. The zero-order valence-corrected chi connectivity index (χ0v) is 15.4. The molecule has 0 aromatic heterocycles. The van der Waals surface area contributed by atoms with Crippen LogP contribution in [-0.2, 0) is 14.4 Å². The molecule has 25 heavy (non-hydrogen) atoms. The maximum atomic E-state index is 12.7. The van der Waals surface area contributed by atoms with Crippen molar-refractivity contribution in [2.24, 2.45) is 0 Å². The van der Waals surface area contributed by atoms with Crippen molar-refractivity contribution in [2.75, 3.05) is 27.0 Å². The van der Waals surface area contributed by atoms with E-state index in [1.54, 1.807) is 13.0 Å². The van der Waals surface area contributed by atoms with E-state index in [1.165, 1.54) is 27.3 Å². The molecule has 136 valence electrons. The van der Waals surface area contributed by atoms with Crippen LogP contribution in [0.2, 0.25) is 0 Å². The van der Waals surface area contributed by atoms with E-state index in [1.807, 2.05) is 18.2 Å². The minimum Gasteiger partial charge on any atom is -0.496 e. The minimum absolute atomic E-state index is 0.146. The van der Waals surface area contributed by atoms with Gasteiger partial charge in [0.15, 0.2) is 0 Å². The van der Waals surface area contributed by atoms with Gasteiger partial charge in [0, 0.05) is 17.8 Å². The summed E-state index contributed by atoms with van der Waals surface area (Å²) in [6, 6.07) is 8.80. The molecular formula is C17H21NO6S. The summed E-state index contributed by atoms with van der Waals surface area (Å²) in [5.41, 5.74) is 0.146. The molecule has 7 nitrogen and oxygen atoms in total. The van der Waals surface area contributed by atoms with Gasteiger partial charge >= 0.3 is 0 Å². The van der Waals surface area contributed by atoms with Crippen molar-refractivity contribution in [3.05, 3.63) is 35.9 Å². The highest BCUT2D eigenvalue weighted by atomic mass is 32.2. The Labute approximate surface area is 147 Å². The molecule has 0 heterocycles. The fraction of sp³-hybridized carbons (Fsp3) is 0.353. The molecule has 2 rings (SSSR count). The van der Waals surface area contributed by atoms with Crippen LogP contribution >= 0.6 is 0 Å². The molecule has 0 spiro atoms. The molecule has 0 atom stereocenters. The molecule has 2 aromatic carbocycles. The first-order valence-electron chi connectivity index (χ1n) is 7.68. The van der Waals surface area contributed by atoms with E-state index >= 15 is 0 Å². The van der Waals surface area contributed by atoms with Gasteiger partial charge in [-0.1, -0.05) is 31.2 Å². The number of rotatable bonds is 7. The normalized spacial score (nSPS) is 11.4. The summed E-state index contributed by atoms with van der Waals surface area (Å²) in [6.45, 7) is 1.71. The molecule has 0 aliphatic rings. The van der Waals surface area contributed by atoms with Gasteiger partial charge in [0.05, 0.1) is 25.5 Å². The fourth-order valence-electron chi connectivity index (χ4n) is 2.52. The summed E-state index contributed by atoms with van der Waals surface area (Å²) in [6.07, 6.45) is 0.386. The van der Waals surface area contributed by atoms with Crippen LogP contribution in [-0.4, -0.2) is 46.4 Å². The van der Waals surface area contributed by atoms with Crippen molar-refractivity contribution in [2.45, 2.75) is 13.3 Å². The highest BCUT2D eigenvalue weighted by Crippen LogP contribution is 2.37. The first kappa shape index (κ1) is 19.0. The van der Waals surface area contributed by atoms with E-state index in [0.29, 0.717) is 28.4 Å². The van der Waals surface area contributed by atoms with Crippen molar-refractivity contribution < 1.29 is 27.0 Å². The summed E-state index contributed by atoms with van der Waals surface area (Å²) in [5.74, 6) is -0.0297. The van der Waals surface area contributed by atoms with E-state index < -0.39 is 16.0 Å². The summed E-state index contributed by atoms with van der Waals surface area (Å²) in [4.78, 5) is 12.7. The van der Waals surface area contributed by atoms with Gasteiger partial charge in [-0.05, 0) is 12.5 Å². The predicted molar refractivity (Wildman–Crippen MR) is 94.3 cm³/mol. The molecule has 0 saturated heterocycles. The van der Waals surface area contributed by atoms with Crippen molar-refractivity contribution >= 4 is 26.8 Å². The largest absolute Gasteiger partial charge is 0.496 e. The van der Waals surface area contributed by atoms with Gasteiger partial charge in [-0.25, -0.2) is 5.06 Å². The highest BCUT2D eigenvalue weighted by molar-refractivity contribution is 7.86. The van der Waals surface area contributed by atoms with E-state index in [-0.39, 0.29) is 11.3 Å². The number of carbonyl (C=O) groups excluding carboxylic acids is 1. The molecule has 0 fully saturated rings. The summed E-state index contributed by atoms with van der Waals surface area (Å²) < 4.78 is 39.2. The Morgan fingerprint density at radius 2 is 1.76 bits per heavy atom. The van der Waals surface area contributed by atoms with Gasteiger partial charge in [0.1, 0.15) is 11.5 Å². The van der Waals surface area contributed by atoms with Crippen LogP contribution in [0.5, 0.6) is 11.5 Å².